The Bertz CT molecular complexity index is 436. The minimum atomic E-state index is 0.840. The molecule has 0 aliphatic rings. The van der Waals surface area contributed by atoms with Crippen LogP contribution < -0.4 is 0 Å². The maximum absolute atomic E-state index is 5.71. The Balaban J connectivity index is 0.000000184. The third-order valence-electron chi connectivity index (χ3n) is 2.74. The molecule has 0 spiro atoms. The maximum Gasteiger partial charge on any atom is 0.0435 e. The lowest BCUT2D eigenvalue weighted by molar-refractivity contribution is 0.921. The van der Waals surface area contributed by atoms with E-state index in [0.717, 1.165) is 10.6 Å². The van der Waals surface area contributed by atoms with Gasteiger partial charge >= 0.3 is 0 Å². The predicted octanol–water partition coefficient (Wildman–Crippen LogP) is 5.60. The highest BCUT2D eigenvalue weighted by molar-refractivity contribution is 6.31. The zero-order valence-electron chi connectivity index (χ0n) is 11.4. The molecule has 2 aromatic carbocycles. The summed E-state index contributed by atoms with van der Waals surface area (Å²) in [7, 11) is 0. The highest BCUT2D eigenvalue weighted by Gasteiger charge is 1.88. The number of rotatable bonds is 2. The molecule has 0 aliphatic carbocycles. The van der Waals surface area contributed by atoms with Crippen LogP contribution in [0.25, 0.3) is 0 Å². The summed E-state index contributed by atoms with van der Waals surface area (Å²) in [6.45, 7) is 6.32. The average Bonchev–Trinajstić information content (AvgIpc) is 2.37. The van der Waals surface area contributed by atoms with Crippen molar-refractivity contribution in [2.24, 2.45) is 0 Å². The van der Waals surface area contributed by atoms with Gasteiger partial charge in [0.25, 0.3) is 0 Å². The van der Waals surface area contributed by atoms with Gasteiger partial charge in [-0.25, -0.2) is 0 Å². The van der Waals surface area contributed by atoms with Crippen LogP contribution in [0.15, 0.2) is 48.5 Å². The topological polar surface area (TPSA) is 0 Å². The van der Waals surface area contributed by atoms with Gasteiger partial charge in [0.2, 0.25) is 0 Å². The summed E-state index contributed by atoms with van der Waals surface area (Å²) >= 11 is 5.71. The van der Waals surface area contributed by atoms with Crippen molar-refractivity contribution >= 4 is 11.6 Å². The zero-order chi connectivity index (χ0) is 13.4. The summed E-state index contributed by atoms with van der Waals surface area (Å²) in [6, 6.07) is 16.5. The van der Waals surface area contributed by atoms with E-state index in [1.807, 2.05) is 31.2 Å². The number of hydrogen-bond acceptors (Lipinski definition) is 0. The van der Waals surface area contributed by atoms with Crippen LogP contribution in [0.2, 0.25) is 5.02 Å². The van der Waals surface area contributed by atoms with Crippen molar-refractivity contribution < 1.29 is 0 Å². The Kier molecular flexibility index (Phi) is 6.53. The summed E-state index contributed by atoms with van der Waals surface area (Å²) in [5.74, 6) is 0. The number of hydrogen-bond donors (Lipinski definition) is 0. The zero-order valence-corrected chi connectivity index (χ0v) is 12.2. The summed E-state index contributed by atoms with van der Waals surface area (Å²) in [5, 5.41) is 0.840. The number of benzene rings is 2. The molecule has 0 nitrogen and oxygen atoms in total. The molecule has 2 aromatic rings. The minimum Gasteiger partial charge on any atom is -0.0841 e. The molecule has 0 unspecified atom stereocenters. The molecule has 0 saturated carbocycles. The fourth-order valence-electron chi connectivity index (χ4n) is 1.59. The van der Waals surface area contributed by atoms with E-state index >= 15 is 0 Å². The Hall–Kier alpha value is -1.27. The smallest absolute Gasteiger partial charge is 0.0435 e. The fraction of sp³-hybridized carbons (Fsp3) is 0.294. The van der Waals surface area contributed by atoms with Gasteiger partial charge in [0.1, 0.15) is 0 Å². The van der Waals surface area contributed by atoms with Crippen molar-refractivity contribution in [3.8, 4) is 0 Å². The number of aryl methyl sites for hydroxylation is 3. The van der Waals surface area contributed by atoms with E-state index in [2.05, 4.69) is 38.1 Å². The van der Waals surface area contributed by atoms with Crippen LogP contribution >= 0.6 is 11.6 Å². The summed E-state index contributed by atoms with van der Waals surface area (Å²) in [5.41, 5.74) is 3.93. The second-order valence-electron chi connectivity index (χ2n) is 4.48. The van der Waals surface area contributed by atoms with Gasteiger partial charge in [0.15, 0.2) is 0 Å². The quantitative estimate of drug-likeness (QED) is 0.660. The van der Waals surface area contributed by atoms with Gasteiger partial charge in [-0.1, -0.05) is 73.0 Å². The second-order valence-corrected chi connectivity index (χ2v) is 4.89. The van der Waals surface area contributed by atoms with Crippen molar-refractivity contribution in [2.75, 3.05) is 0 Å². The molecule has 0 bridgehead atoms. The molecule has 0 amide bonds. The van der Waals surface area contributed by atoms with Crippen LogP contribution in [0.1, 0.15) is 30.0 Å². The van der Waals surface area contributed by atoms with Crippen LogP contribution in [0.4, 0.5) is 0 Å². The fourth-order valence-corrected chi connectivity index (χ4v) is 1.73. The van der Waals surface area contributed by atoms with E-state index in [0.29, 0.717) is 0 Å². The Morgan fingerprint density at radius 1 is 0.889 bits per heavy atom. The third kappa shape index (κ3) is 5.37. The van der Waals surface area contributed by atoms with Gasteiger partial charge in [0.05, 0.1) is 0 Å². The number of halogens is 1. The molecule has 0 N–H and O–H groups in total. The molecule has 2 rings (SSSR count). The van der Waals surface area contributed by atoms with Gasteiger partial charge in [-0.15, -0.1) is 0 Å². The van der Waals surface area contributed by atoms with Gasteiger partial charge in [-0.05, 0) is 37.5 Å². The van der Waals surface area contributed by atoms with Crippen LogP contribution in [0.5, 0.6) is 0 Å². The molecule has 0 fully saturated rings. The Labute approximate surface area is 116 Å². The van der Waals surface area contributed by atoms with Crippen molar-refractivity contribution in [1.29, 1.82) is 0 Å². The molecule has 18 heavy (non-hydrogen) atoms. The second kappa shape index (κ2) is 7.94. The first-order valence-electron chi connectivity index (χ1n) is 6.40. The van der Waals surface area contributed by atoms with Gasteiger partial charge in [-0.2, -0.15) is 0 Å². The third-order valence-corrected chi connectivity index (χ3v) is 3.16. The van der Waals surface area contributed by atoms with E-state index in [1.54, 1.807) is 0 Å². The summed E-state index contributed by atoms with van der Waals surface area (Å²) in [6.07, 6.45) is 2.45. The molecule has 0 aromatic heterocycles. The van der Waals surface area contributed by atoms with E-state index < -0.39 is 0 Å². The van der Waals surface area contributed by atoms with Crippen LogP contribution in [0, 0.1) is 13.8 Å². The largest absolute Gasteiger partial charge is 0.0841 e. The van der Waals surface area contributed by atoms with Crippen molar-refractivity contribution in [3.63, 3.8) is 0 Å². The highest BCUT2D eigenvalue weighted by atomic mass is 35.5. The van der Waals surface area contributed by atoms with Crippen LogP contribution in [-0.4, -0.2) is 0 Å². The lowest BCUT2D eigenvalue weighted by atomic mass is 10.1. The monoisotopic (exact) mass is 260 g/mol. The van der Waals surface area contributed by atoms with Gasteiger partial charge in [-0.3, -0.25) is 0 Å². The Morgan fingerprint density at radius 2 is 1.50 bits per heavy atom. The maximum atomic E-state index is 5.71. The molecule has 0 atom stereocenters. The first kappa shape index (κ1) is 14.8. The summed E-state index contributed by atoms with van der Waals surface area (Å²) in [4.78, 5) is 0. The van der Waals surface area contributed by atoms with Crippen molar-refractivity contribution in [1.82, 2.24) is 0 Å². The van der Waals surface area contributed by atoms with Crippen molar-refractivity contribution in [3.05, 3.63) is 70.2 Å². The van der Waals surface area contributed by atoms with Crippen LogP contribution in [0.3, 0.4) is 0 Å². The molecular formula is C17H21Cl. The lowest BCUT2D eigenvalue weighted by Gasteiger charge is -1.97. The molecule has 0 radical (unpaired) electrons. The first-order valence-corrected chi connectivity index (χ1v) is 6.78. The van der Waals surface area contributed by atoms with E-state index in [4.69, 9.17) is 11.6 Å². The normalized spacial score (nSPS) is 9.56. The first-order chi connectivity index (χ1) is 8.63. The highest BCUT2D eigenvalue weighted by Crippen LogP contribution is 2.11. The molecule has 96 valence electrons. The summed E-state index contributed by atoms with van der Waals surface area (Å²) < 4.78 is 0. The van der Waals surface area contributed by atoms with Crippen LogP contribution in [-0.2, 0) is 6.42 Å². The molecule has 1 heteroatoms. The van der Waals surface area contributed by atoms with Gasteiger partial charge < -0.3 is 0 Å². The van der Waals surface area contributed by atoms with Gasteiger partial charge in [0, 0.05) is 5.02 Å². The molecule has 0 saturated heterocycles. The predicted molar refractivity (Wildman–Crippen MR) is 81.4 cm³/mol. The van der Waals surface area contributed by atoms with E-state index in [-0.39, 0.29) is 0 Å². The Morgan fingerprint density at radius 3 is 1.94 bits per heavy atom. The minimum absolute atomic E-state index is 0.840. The molecule has 0 heterocycles. The van der Waals surface area contributed by atoms with E-state index in [1.165, 1.54) is 24.0 Å². The molecule has 0 aliphatic heterocycles. The lowest BCUT2D eigenvalue weighted by Crippen LogP contribution is -1.81. The average molecular weight is 261 g/mol. The standard InChI is InChI=1S/C10H14.C7H7Cl/c1-3-4-10-7-5-9(2)6-8-10;1-6-4-2-3-5-7(6)8/h5-8H,3-4H2,1-2H3;2-5H,1H3. The van der Waals surface area contributed by atoms with E-state index in [9.17, 15) is 0 Å². The molecular weight excluding hydrogens is 240 g/mol. The SMILES string of the molecule is CCCc1ccc(C)cc1.Cc1ccccc1Cl. The van der Waals surface area contributed by atoms with Crippen molar-refractivity contribution in [2.45, 2.75) is 33.6 Å².